The minimum atomic E-state index is -0.512. The third-order valence-corrected chi connectivity index (χ3v) is 6.82. The quantitative estimate of drug-likeness (QED) is 0.592. The number of carbonyl (C=O) groups excluding carboxylic acids is 1. The largest absolute Gasteiger partial charge is 0.384 e. The van der Waals surface area contributed by atoms with Gasteiger partial charge in [0.25, 0.3) is 5.91 Å². The molecule has 1 aliphatic heterocycles. The number of piperidine rings is 1. The zero-order chi connectivity index (χ0) is 24.4. The molecule has 178 valence electrons. The third kappa shape index (κ3) is 4.80. The van der Waals surface area contributed by atoms with E-state index in [1.54, 1.807) is 42.5 Å². The fourth-order valence-corrected chi connectivity index (χ4v) is 4.73. The van der Waals surface area contributed by atoms with E-state index in [2.05, 4.69) is 28.7 Å². The second-order valence-corrected chi connectivity index (χ2v) is 9.26. The van der Waals surface area contributed by atoms with E-state index in [1.807, 2.05) is 19.1 Å². The van der Waals surface area contributed by atoms with Crippen molar-refractivity contribution in [2.45, 2.75) is 45.7 Å². The zero-order valence-corrected chi connectivity index (χ0v) is 20.3. The van der Waals surface area contributed by atoms with E-state index in [0.717, 1.165) is 53.9 Å². The van der Waals surface area contributed by atoms with Gasteiger partial charge in [-0.25, -0.2) is 9.37 Å². The number of aromatic nitrogens is 2. The average Bonchev–Trinajstić information content (AvgIpc) is 2.84. The number of amides is 1. The van der Waals surface area contributed by atoms with Crippen LogP contribution in [0.5, 0.6) is 0 Å². The van der Waals surface area contributed by atoms with E-state index >= 15 is 0 Å². The Bertz CT molecular complexity index is 1170. The number of rotatable bonds is 5. The first-order valence-corrected chi connectivity index (χ1v) is 11.7. The Hall–Kier alpha value is -3.32. The number of nitrogens with two attached hydrogens (primary N) is 1. The lowest BCUT2D eigenvalue weighted by Gasteiger charge is -2.38. The number of nitrogens with zero attached hydrogens (tertiary/aromatic N) is 4. The standard InChI is InChI=1S/C27H32FN5O/c1-17(2)33-13-10-21(11-14-33)32(4)27(34)23-15-19(5-7-24(23)28)22-9-12-30-18(3)26(22)20-6-8-25(29)31-16-20/h5-9,12,15-17,21H,10-11,13-14H2,1-4H3,(H2,29,31). The minimum absolute atomic E-state index is 0.0853. The van der Waals surface area contributed by atoms with E-state index in [0.29, 0.717) is 11.9 Å². The molecule has 7 heteroatoms. The highest BCUT2D eigenvalue weighted by Crippen LogP contribution is 2.35. The third-order valence-electron chi connectivity index (χ3n) is 6.82. The Morgan fingerprint density at radius 3 is 2.47 bits per heavy atom. The van der Waals surface area contributed by atoms with Crippen molar-refractivity contribution in [3.63, 3.8) is 0 Å². The number of likely N-dealkylation sites (tertiary alicyclic amines) is 1. The number of nitrogen functional groups attached to an aromatic ring is 1. The molecule has 0 radical (unpaired) electrons. The summed E-state index contributed by atoms with van der Waals surface area (Å²) in [5.41, 5.74) is 10.0. The Labute approximate surface area is 200 Å². The summed E-state index contributed by atoms with van der Waals surface area (Å²) in [4.78, 5) is 26.1. The first-order valence-electron chi connectivity index (χ1n) is 11.7. The van der Waals surface area contributed by atoms with Crippen molar-refractivity contribution >= 4 is 11.7 Å². The lowest BCUT2D eigenvalue weighted by atomic mass is 9.93. The van der Waals surface area contributed by atoms with Crippen LogP contribution in [0.3, 0.4) is 0 Å². The zero-order valence-electron chi connectivity index (χ0n) is 20.3. The average molecular weight is 462 g/mol. The Balaban J connectivity index is 1.65. The van der Waals surface area contributed by atoms with Crippen LogP contribution in [0.4, 0.5) is 10.2 Å². The molecule has 2 N–H and O–H groups in total. The van der Waals surface area contributed by atoms with Crippen LogP contribution in [0.2, 0.25) is 0 Å². The smallest absolute Gasteiger partial charge is 0.256 e. The number of benzene rings is 1. The van der Waals surface area contributed by atoms with Crippen LogP contribution in [0.25, 0.3) is 22.3 Å². The van der Waals surface area contributed by atoms with Gasteiger partial charge in [0.15, 0.2) is 0 Å². The number of hydrogen-bond acceptors (Lipinski definition) is 5. The predicted molar refractivity (Wildman–Crippen MR) is 134 cm³/mol. The van der Waals surface area contributed by atoms with Crippen LogP contribution in [0.1, 0.15) is 42.7 Å². The molecule has 6 nitrogen and oxygen atoms in total. The molecule has 34 heavy (non-hydrogen) atoms. The van der Waals surface area contributed by atoms with E-state index in [9.17, 15) is 9.18 Å². The molecular weight excluding hydrogens is 429 g/mol. The number of hydrogen-bond donors (Lipinski definition) is 1. The van der Waals surface area contributed by atoms with Gasteiger partial charge in [-0.15, -0.1) is 0 Å². The summed E-state index contributed by atoms with van der Waals surface area (Å²) in [6.07, 6.45) is 5.20. The molecule has 0 bridgehead atoms. The SMILES string of the molecule is Cc1nccc(-c2ccc(F)c(C(=O)N(C)C3CCN(C(C)C)CC3)c2)c1-c1ccc(N)nc1. The fourth-order valence-electron chi connectivity index (χ4n) is 4.73. The van der Waals surface area contributed by atoms with Crippen LogP contribution < -0.4 is 5.73 Å². The molecular formula is C27H32FN5O. The van der Waals surface area contributed by atoms with Crippen molar-refractivity contribution in [3.8, 4) is 22.3 Å². The molecule has 1 amide bonds. The number of carbonyl (C=O) groups is 1. The molecule has 2 aromatic heterocycles. The van der Waals surface area contributed by atoms with Crippen molar-refractivity contribution in [1.29, 1.82) is 0 Å². The van der Waals surface area contributed by atoms with Crippen molar-refractivity contribution in [1.82, 2.24) is 19.8 Å². The Morgan fingerprint density at radius 2 is 1.82 bits per heavy atom. The minimum Gasteiger partial charge on any atom is -0.384 e. The second kappa shape index (κ2) is 9.89. The lowest BCUT2D eigenvalue weighted by Crippen LogP contribution is -2.47. The van der Waals surface area contributed by atoms with Gasteiger partial charge in [-0.1, -0.05) is 6.07 Å². The molecule has 1 saturated heterocycles. The molecule has 1 aliphatic rings. The summed E-state index contributed by atoms with van der Waals surface area (Å²) < 4.78 is 14.9. The maximum absolute atomic E-state index is 14.9. The van der Waals surface area contributed by atoms with Crippen LogP contribution in [0, 0.1) is 12.7 Å². The van der Waals surface area contributed by atoms with Gasteiger partial charge in [-0.05, 0) is 75.1 Å². The summed E-state index contributed by atoms with van der Waals surface area (Å²) in [7, 11) is 1.78. The Kier molecular flexibility index (Phi) is 6.93. The topological polar surface area (TPSA) is 75.4 Å². The molecule has 0 spiro atoms. The highest BCUT2D eigenvalue weighted by atomic mass is 19.1. The van der Waals surface area contributed by atoms with Crippen molar-refractivity contribution in [2.24, 2.45) is 0 Å². The molecule has 1 fully saturated rings. The first kappa shape index (κ1) is 23.8. The highest BCUT2D eigenvalue weighted by molar-refractivity contribution is 5.96. The molecule has 3 aromatic rings. The molecule has 0 atom stereocenters. The van der Waals surface area contributed by atoms with Gasteiger partial charge < -0.3 is 15.5 Å². The summed E-state index contributed by atoms with van der Waals surface area (Å²) in [6.45, 7) is 8.18. The van der Waals surface area contributed by atoms with Gasteiger partial charge in [-0.2, -0.15) is 0 Å². The number of halogens is 1. The predicted octanol–water partition coefficient (Wildman–Crippen LogP) is 4.79. The van der Waals surface area contributed by atoms with E-state index in [-0.39, 0.29) is 17.5 Å². The molecule has 0 saturated carbocycles. The van der Waals surface area contributed by atoms with Crippen LogP contribution in [0.15, 0.2) is 48.8 Å². The number of anilines is 1. The molecule has 1 aromatic carbocycles. The summed E-state index contributed by atoms with van der Waals surface area (Å²) >= 11 is 0. The van der Waals surface area contributed by atoms with Crippen LogP contribution in [-0.4, -0.2) is 57.9 Å². The highest BCUT2D eigenvalue weighted by Gasteiger charge is 2.28. The molecule has 4 rings (SSSR count). The lowest BCUT2D eigenvalue weighted by molar-refractivity contribution is 0.0611. The van der Waals surface area contributed by atoms with Crippen molar-refractivity contribution in [2.75, 3.05) is 25.9 Å². The maximum Gasteiger partial charge on any atom is 0.256 e. The first-order chi connectivity index (χ1) is 16.3. The van der Waals surface area contributed by atoms with Crippen LogP contribution in [-0.2, 0) is 0 Å². The fraction of sp³-hybridized carbons (Fsp3) is 0.370. The van der Waals surface area contributed by atoms with E-state index in [1.165, 1.54) is 6.07 Å². The van der Waals surface area contributed by atoms with Gasteiger partial charge in [0.05, 0.1) is 5.56 Å². The monoisotopic (exact) mass is 461 g/mol. The van der Waals surface area contributed by atoms with Crippen molar-refractivity contribution in [3.05, 3.63) is 65.9 Å². The summed E-state index contributed by atoms with van der Waals surface area (Å²) in [5, 5.41) is 0. The van der Waals surface area contributed by atoms with E-state index < -0.39 is 5.82 Å². The maximum atomic E-state index is 14.9. The summed E-state index contributed by atoms with van der Waals surface area (Å²) in [5.74, 6) is -0.366. The van der Waals surface area contributed by atoms with Crippen LogP contribution >= 0.6 is 0 Å². The van der Waals surface area contributed by atoms with Gasteiger partial charge in [0.2, 0.25) is 0 Å². The van der Waals surface area contributed by atoms with E-state index in [4.69, 9.17) is 5.73 Å². The van der Waals surface area contributed by atoms with Crippen molar-refractivity contribution < 1.29 is 9.18 Å². The van der Waals surface area contributed by atoms with Gasteiger partial charge in [-0.3, -0.25) is 9.78 Å². The van der Waals surface area contributed by atoms with Gasteiger partial charge in [0.1, 0.15) is 11.6 Å². The Morgan fingerprint density at radius 1 is 1.12 bits per heavy atom. The van der Waals surface area contributed by atoms with Gasteiger partial charge in [0, 0.05) is 61.4 Å². The second-order valence-electron chi connectivity index (χ2n) is 9.26. The number of aryl methyl sites for hydroxylation is 1. The summed E-state index contributed by atoms with van der Waals surface area (Å²) in [6, 6.07) is 10.8. The molecule has 3 heterocycles. The van der Waals surface area contributed by atoms with Gasteiger partial charge >= 0.3 is 0 Å². The number of pyridine rings is 2. The molecule has 0 unspecified atom stereocenters. The normalized spacial score (nSPS) is 15.0. The molecule has 0 aliphatic carbocycles.